The predicted octanol–water partition coefficient (Wildman–Crippen LogP) is 2.03. The molecule has 3 rings (SSSR count). The number of rotatable bonds is 3. The molecule has 2 heterocycles. The van der Waals surface area contributed by atoms with E-state index in [9.17, 15) is 4.79 Å². The van der Waals surface area contributed by atoms with Gasteiger partial charge < -0.3 is 4.98 Å². The van der Waals surface area contributed by atoms with Crippen molar-refractivity contribution in [3.05, 3.63) is 59.7 Å². The largest absolute Gasteiger partial charge is 0.342 e. The first-order chi connectivity index (χ1) is 10.2. The lowest BCUT2D eigenvalue weighted by molar-refractivity contribution is 0.0955. The molecule has 1 amide bonds. The number of aromatic nitrogens is 3. The smallest absolute Gasteiger partial charge is 0.271 e. The first-order valence-corrected chi connectivity index (χ1v) is 6.43. The van der Waals surface area contributed by atoms with Crippen LogP contribution < -0.4 is 5.43 Å². The Bertz CT molecular complexity index is 807. The fourth-order valence-electron chi connectivity index (χ4n) is 1.95. The van der Waals surface area contributed by atoms with Gasteiger partial charge in [0.25, 0.3) is 5.91 Å². The van der Waals surface area contributed by atoms with Crippen LogP contribution in [-0.2, 0) is 0 Å². The van der Waals surface area contributed by atoms with Gasteiger partial charge in [-0.25, -0.2) is 10.4 Å². The lowest BCUT2D eigenvalue weighted by atomic mass is 10.2. The molecule has 0 aliphatic rings. The molecule has 1 aromatic carbocycles. The standard InChI is InChI=1S/C15H13N5O/c1-10-18-13-6-5-11(8-14(13)19-10)15(21)20-17-9-12-4-2-3-7-16-12/h2-9H,1H3,(H,18,19)(H,20,21). The van der Waals surface area contributed by atoms with Gasteiger partial charge in [-0.3, -0.25) is 9.78 Å². The van der Waals surface area contributed by atoms with Crippen molar-refractivity contribution in [2.45, 2.75) is 6.92 Å². The number of imidazole rings is 1. The SMILES string of the molecule is Cc1nc2ccc(C(=O)NN=Cc3ccccn3)cc2[nH]1. The molecule has 0 aliphatic heterocycles. The molecular formula is C15H13N5O. The highest BCUT2D eigenvalue weighted by molar-refractivity contribution is 5.97. The summed E-state index contributed by atoms with van der Waals surface area (Å²) in [6.45, 7) is 1.87. The average molecular weight is 279 g/mol. The zero-order valence-electron chi connectivity index (χ0n) is 11.4. The van der Waals surface area contributed by atoms with Crippen LogP contribution in [0.3, 0.4) is 0 Å². The second-order valence-electron chi connectivity index (χ2n) is 4.51. The first-order valence-electron chi connectivity index (χ1n) is 6.43. The van der Waals surface area contributed by atoms with E-state index in [0.717, 1.165) is 16.9 Å². The van der Waals surface area contributed by atoms with Crippen molar-refractivity contribution in [2.75, 3.05) is 0 Å². The van der Waals surface area contributed by atoms with Crippen molar-refractivity contribution in [3.63, 3.8) is 0 Å². The Balaban J connectivity index is 1.73. The van der Waals surface area contributed by atoms with E-state index in [4.69, 9.17) is 0 Å². The summed E-state index contributed by atoms with van der Waals surface area (Å²) in [6, 6.07) is 10.7. The Morgan fingerprint density at radius 2 is 2.24 bits per heavy atom. The number of aromatic amines is 1. The number of carbonyl (C=O) groups is 1. The fraction of sp³-hybridized carbons (Fsp3) is 0.0667. The lowest BCUT2D eigenvalue weighted by Crippen LogP contribution is -2.17. The van der Waals surface area contributed by atoms with Gasteiger partial charge in [-0.2, -0.15) is 5.10 Å². The molecular weight excluding hydrogens is 266 g/mol. The normalized spacial score (nSPS) is 11.1. The molecule has 2 N–H and O–H groups in total. The Morgan fingerprint density at radius 1 is 1.33 bits per heavy atom. The number of fused-ring (bicyclic) bond motifs is 1. The monoisotopic (exact) mass is 279 g/mol. The minimum atomic E-state index is -0.281. The quantitative estimate of drug-likeness (QED) is 0.568. The number of nitrogens with zero attached hydrogens (tertiary/aromatic N) is 3. The van der Waals surface area contributed by atoms with Crippen LogP contribution >= 0.6 is 0 Å². The van der Waals surface area contributed by atoms with E-state index < -0.39 is 0 Å². The van der Waals surface area contributed by atoms with Gasteiger partial charge in [0.2, 0.25) is 0 Å². The predicted molar refractivity (Wildman–Crippen MR) is 80.1 cm³/mol. The molecule has 0 spiro atoms. The second kappa shape index (κ2) is 5.54. The maximum atomic E-state index is 12.0. The van der Waals surface area contributed by atoms with Gasteiger partial charge in [0, 0.05) is 11.8 Å². The van der Waals surface area contributed by atoms with Crippen LogP contribution in [0.15, 0.2) is 47.7 Å². The van der Waals surface area contributed by atoms with Crippen molar-refractivity contribution >= 4 is 23.2 Å². The van der Waals surface area contributed by atoms with Crippen LogP contribution in [0.25, 0.3) is 11.0 Å². The molecule has 0 saturated carbocycles. The summed E-state index contributed by atoms with van der Waals surface area (Å²) in [5, 5.41) is 3.89. The number of nitrogens with one attached hydrogen (secondary N) is 2. The number of hydrogen-bond acceptors (Lipinski definition) is 4. The Morgan fingerprint density at radius 3 is 3.05 bits per heavy atom. The number of pyridine rings is 1. The highest BCUT2D eigenvalue weighted by Crippen LogP contribution is 2.13. The summed E-state index contributed by atoms with van der Waals surface area (Å²) >= 11 is 0. The molecule has 3 aromatic rings. The number of aryl methyl sites for hydroxylation is 1. The van der Waals surface area contributed by atoms with Crippen molar-refractivity contribution in [2.24, 2.45) is 5.10 Å². The highest BCUT2D eigenvalue weighted by Gasteiger charge is 2.07. The Hall–Kier alpha value is -3.02. The molecule has 2 aromatic heterocycles. The number of amides is 1. The molecule has 0 fully saturated rings. The zero-order valence-corrected chi connectivity index (χ0v) is 11.4. The molecule has 6 heteroatoms. The third-order valence-corrected chi connectivity index (χ3v) is 2.91. The molecule has 0 radical (unpaired) electrons. The summed E-state index contributed by atoms with van der Waals surface area (Å²) in [5.41, 5.74) is 5.33. The van der Waals surface area contributed by atoms with Gasteiger partial charge >= 0.3 is 0 Å². The number of benzene rings is 1. The number of H-pyrrole nitrogens is 1. The molecule has 0 unspecified atom stereocenters. The maximum Gasteiger partial charge on any atom is 0.271 e. The Kier molecular flexibility index (Phi) is 3.42. The number of hydrazone groups is 1. The minimum Gasteiger partial charge on any atom is -0.342 e. The molecule has 6 nitrogen and oxygen atoms in total. The zero-order chi connectivity index (χ0) is 14.7. The summed E-state index contributed by atoms with van der Waals surface area (Å²) in [5.74, 6) is 0.534. The topological polar surface area (TPSA) is 83.0 Å². The third-order valence-electron chi connectivity index (χ3n) is 2.91. The molecule has 104 valence electrons. The molecule has 0 atom stereocenters. The van der Waals surface area contributed by atoms with Gasteiger partial charge in [-0.05, 0) is 37.3 Å². The molecule has 21 heavy (non-hydrogen) atoms. The van der Waals surface area contributed by atoms with Crippen molar-refractivity contribution < 1.29 is 4.79 Å². The van der Waals surface area contributed by atoms with Gasteiger partial charge in [0.1, 0.15) is 5.82 Å². The minimum absolute atomic E-state index is 0.281. The average Bonchev–Trinajstić information content (AvgIpc) is 2.87. The summed E-state index contributed by atoms with van der Waals surface area (Å²) in [7, 11) is 0. The van der Waals surface area contributed by atoms with Crippen LogP contribution in [0, 0.1) is 6.92 Å². The summed E-state index contributed by atoms with van der Waals surface area (Å²) < 4.78 is 0. The summed E-state index contributed by atoms with van der Waals surface area (Å²) in [4.78, 5) is 23.5. The fourth-order valence-corrected chi connectivity index (χ4v) is 1.95. The van der Waals surface area contributed by atoms with Crippen LogP contribution in [0.1, 0.15) is 21.9 Å². The molecule has 0 saturated heterocycles. The number of carbonyl (C=O) groups excluding carboxylic acids is 1. The van der Waals surface area contributed by atoms with Crippen LogP contribution in [0.4, 0.5) is 0 Å². The van der Waals surface area contributed by atoms with E-state index in [-0.39, 0.29) is 5.91 Å². The molecule has 0 bridgehead atoms. The van der Waals surface area contributed by atoms with Crippen molar-refractivity contribution in [1.29, 1.82) is 0 Å². The van der Waals surface area contributed by atoms with E-state index in [1.54, 1.807) is 30.5 Å². The van der Waals surface area contributed by atoms with E-state index in [1.165, 1.54) is 6.21 Å². The third kappa shape index (κ3) is 2.94. The van der Waals surface area contributed by atoms with Crippen molar-refractivity contribution in [3.8, 4) is 0 Å². The van der Waals surface area contributed by atoms with Gasteiger partial charge in [0.15, 0.2) is 0 Å². The summed E-state index contributed by atoms with van der Waals surface area (Å²) in [6.07, 6.45) is 3.16. The maximum absolute atomic E-state index is 12.0. The van der Waals surface area contributed by atoms with Gasteiger partial charge in [-0.1, -0.05) is 6.07 Å². The highest BCUT2D eigenvalue weighted by atomic mass is 16.2. The van der Waals surface area contributed by atoms with Crippen LogP contribution in [-0.4, -0.2) is 27.1 Å². The van der Waals surface area contributed by atoms with Crippen molar-refractivity contribution in [1.82, 2.24) is 20.4 Å². The van der Waals surface area contributed by atoms with Crippen LogP contribution in [0.2, 0.25) is 0 Å². The second-order valence-corrected chi connectivity index (χ2v) is 4.51. The first kappa shape index (κ1) is 13.0. The van der Waals surface area contributed by atoms with E-state index in [2.05, 4.69) is 25.5 Å². The van der Waals surface area contributed by atoms with E-state index in [0.29, 0.717) is 11.3 Å². The lowest BCUT2D eigenvalue weighted by Gasteiger charge is -1.99. The Labute approximate surface area is 120 Å². The van der Waals surface area contributed by atoms with E-state index >= 15 is 0 Å². The van der Waals surface area contributed by atoms with Crippen LogP contribution in [0.5, 0.6) is 0 Å². The van der Waals surface area contributed by atoms with Gasteiger partial charge in [-0.15, -0.1) is 0 Å². The number of hydrogen-bond donors (Lipinski definition) is 2. The molecule has 0 aliphatic carbocycles. The van der Waals surface area contributed by atoms with Gasteiger partial charge in [0.05, 0.1) is 22.9 Å². The van der Waals surface area contributed by atoms with E-state index in [1.807, 2.05) is 19.1 Å².